The highest BCUT2D eigenvalue weighted by Gasteiger charge is 2.21. The van der Waals surface area contributed by atoms with Crippen molar-refractivity contribution in [2.45, 2.75) is 31.9 Å². The Labute approximate surface area is 283 Å². The van der Waals surface area contributed by atoms with Crippen LogP contribution in [0.2, 0.25) is 5.02 Å². The van der Waals surface area contributed by atoms with Gasteiger partial charge in [0.15, 0.2) is 11.5 Å². The minimum absolute atomic E-state index is 0.0368. The highest BCUT2D eigenvalue weighted by Crippen LogP contribution is 2.35. The summed E-state index contributed by atoms with van der Waals surface area (Å²) >= 11 is 5.91. The number of urea groups is 1. The van der Waals surface area contributed by atoms with Crippen molar-refractivity contribution in [3.05, 3.63) is 77.3 Å². The zero-order chi connectivity index (χ0) is 35.3. The fourth-order valence-electron chi connectivity index (χ4n) is 4.33. The second kappa shape index (κ2) is 17.3. The molecule has 49 heavy (non-hydrogen) atoms. The van der Waals surface area contributed by atoms with Gasteiger partial charge in [-0.25, -0.2) is 28.7 Å². The van der Waals surface area contributed by atoms with Crippen LogP contribution in [0.4, 0.5) is 31.2 Å². The number of aromatic nitrogens is 2. The third-order valence-corrected chi connectivity index (χ3v) is 7.07. The van der Waals surface area contributed by atoms with E-state index in [0.29, 0.717) is 51.6 Å². The van der Waals surface area contributed by atoms with Crippen molar-refractivity contribution < 1.29 is 48.0 Å². The molecule has 0 unspecified atom stereocenters. The molecule has 0 aliphatic heterocycles. The Kier molecular flexibility index (Phi) is 12.7. The van der Waals surface area contributed by atoms with Crippen LogP contribution >= 0.6 is 11.6 Å². The second-order valence-electron chi connectivity index (χ2n) is 10.3. The van der Waals surface area contributed by atoms with E-state index in [2.05, 4.69) is 31.2 Å². The molecule has 6 N–H and O–H groups in total. The van der Waals surface area contributed by atoms with Gasteiger partial charge in [0.2, 0.25) is 0 Å². The predicted molar refractivity (Wildman–Crippen MR) is 176 cm³/mol. The van der Waals surface area contributed by atoms with Gasteiger partial charge >= 0.3 is 24.1 Å². The van der Waals surface area contributed by atoms with Crippen molar-refractivity contribution >= 4 is 63.8 Å². The number of rotatable bonds is 16. The van der Waals surface area contributed by atoms with Crippen molar-refractivity contribution in [1.82, 2.24) is 20.6 Å². The molecular formula is C32H32ClFN6O9. The third-order valence-electron chi connectivity index (χ3n) is 6.78. The van der Waals surface area contributed by atoms with E-state index < -0.39 is 42.3 Å². The number of amides is 3. The number of hydrogen-bond donors (Lipinski definition) is 6. The summed E-state index contributed by atoms with van der Waals surface area (Å²) in [6, 6.07) is 11.7. The standard InChI is InChI=1S/C32H32ClFN6O9/c1-47-26-15-25-21(29(37-17-36-25)38-20-7-8-23(34)22(33)13-20)14-27(26)48-12-2-11-35-32(46)49-16-18-3-5-19(6-4-18)39-31(45)40-24(30(43)44)9-10-28(41)42/h3-8,13-15,17,24H,2,9-12,16H2,1H3,(H,35,46)(H,41,42)(H,43,44)(H,36,37,38)(H2,39,40,45)/t24-/m0/s1. The first-order chi connectivity index (χ1) is 23.5. The summed E-state index contributed by atoms with van der Waals surface area (Å²) < 4.78 is 30.2. The summed E-state index contributed by atoms with van der Waals surface area (Å²) in [4.78, 5) is 54.9. The number of carbonyl (C=O) groups excluding carboxylic acids is 2. The van der Waals surface area contributed by atoms with E-state index >= 15 is 0 Å². The number of halogens is 2. The molecule has 0 saturated carbocycles. The highest BCUT2D eigenvalue weighted by atomic mass is 35.5. The SMILES string of the molecule is COc1cc2ncnc(Nc3ccc(F)c(Cl)c3)c2cc1OCCCNC(=O)OCc1ccc(NC(=O)N[C@@H](CCC(=O)O)C(=O)O)cc1. The molecule has 4 aromatic rings. The van der Waals surface area contributed by atoms with E-state index in [4.69, 9.17) is 36.0 Å². The van der Waals surface area contributed by atoms with Gasteiger partial charge in [-0.15, -0.1) is 0 Å². The number of aliphatic carboxylic acids is 2. The number of anilines is 3. The van der Waals surface area contributed by atoms with Gasteiger partial charge < -0.3 is 45.7 Å². The zero-order valence-electron chi connectivity index (χ0n) is 26.0. The summed E-state index contributed by atoms with van der Waals surface area (Å²) in [6.45, 7) is 0.417. The van der Waals surface area contributed by atoms with E-state index in [0.717, 1.165) is 0 Å². The maximum absolute atomic E-state index is 13.6. The Hall–Kier alpha value is -5.90. The number of methoxy groups -OCH3 is 1. The number of carboxylic acid groups (broad SMARTS) is 2. The topological polar surface area (TPSA) is 210 Å². The average Bonchev–Trinajstić information content (AvgIpc) is 3.07. The number of alkyl carbamates (subject to hydrolysis) is 1. The number of fused-ring (bicyclic) bond motifs is 1. The molecule has 3 aromatic carbocycles. The van der Waals surface area contributed by atoms with E-state index in [1.807, 2.05) is 0 Å². The third kappa shape index (κ3) is 10.8. The molecular weight excluding hydrogens is 667 g/mol. The van der Waals surface area contributed by atoms with Crippen molar-refractivity contribution in [3.8, 4) is 11.5 Å². The molecule has 0 radical (unpaired) electrons. The molecule has 1 atom stereocenters. The molecule has 0 aliphatic carbocycles. The first kappa shape index (κ1) is 35.9. The number of hydrogen-bond acceptors (Lipinski definition) is 10. The number of benzene rings is 3. The molecule has 0 spiro atoms. The van der Waals surface area contributed by atoms with E-state index in [9.17, 15) is 23.6 Å². The van der Waals surface area contributed by atoms with E-state index in [1.165, 1.54) is 43.8 Å². The molecule has 1 aromatic heterocycles. The molecule has 0 saturated heterocycles. The van der Waals surface area contributed by atoms with Crippen LogP contribution < -0.4 is 30.7 Å². The smallest absolute Gasteiger partial charge is 0.407 e. The summed E-state index contributed by atoms with van der Waals surface area (Å²) in [5.74, 6) is -1.77. The first-order valence-corrected chi connectivity index (χ1v) is 15.1. The van der Waals surface area contributed by atoms with Crippen LogP contribution in [-0.4, -0.2) is 70.5 Å². The second-order valence-corrected chi connectivity index (χ2v) is 10.7. The fourth-order valence-corrected chi connectivity index (χ4v) is 4.51. The Morgan fingerprint density at radius 3 is 2.43 bits per heavy atom. The van der Waals surface area contributed by atoms with Gasteiger partial charge in [-0.1, -0.05) is 23.7 Å². The lowest BCUT2D eigenvalue weighted by molar-refractivity contribution is -0.140. The quantitative estimate of drug-likeness (QED) is 0.0823. The maximum atomic E-state index is 13.6. The van der Waals surface area contributed by atoms with Crippen LogP contribution in [0, 0.1) is 5.82 Å². The van der Waals surface area contributed by atoms with Crippen molar-refractivity contribution in [1.29, 1.82) is 0 Å². The monoisotopic (exact) mass is 698 g/mol. The van der Waals surface area contributed by atoms with Gasteiger partial charge in [0.25, 0.3) is 0 Å². The maximum Gasteiger partial charge on any atom is 0.407 e. The van der Waals surface area contributed by atoms with Crippen LogP contribution in [0.5, 0.6) is 11.5 Å². The predicted octanol–water partition coefficient (Wildman–Crippen LogP) is 5.31. The number of carboxylic acids is 2. The van der Waals surface area contributed by atoms with Gasteiger partial charge in [-0.2, -0.15) is 0 Å². The van der Waals surface area contributed by atoms with Gasteiger partial charge in [0, 0.05) is 35.8 Å². The molecule has 3 amide bonds. The Balaban J connectivity index is 1.21. The molecule has 0 bridgehead atoms. The minimum atomic E-state index is -1.36. The van der Waals surface area contributed by atoms with Crippen LogP contribution in [0.3, 0.4) is 0 Å². The minimum Gasteiger partial charge on any atom is -0.493 e. The molecule has 258 valence electrons. The molecule has 17 heteroatoms. The molecule has 0 aliphatic rings. The Bertz CT molecular complexity index is 1810. The fraction of sp³-hybridized carbons (Fsp3) is 0.250. The van der Waals surface area contributed by atoms with Gasteiger partial charge in [0.1, 0.15) is 30.6 Å². The van der Waals surface area contributed by atoms with Crippen LogP contribution in [0.15, 0.2) is 60.9 Å². The Morgan fingerprint density at radius 1 is 0.980 bits per heavy atom. The van der Waals surface area contributed by atoms with Crippen LogP contribution in [-0.2, 0) is 20.9 Å². The molecule has 4 rings (SSSR count). The Morgan fingerprint density at radius 2 is 1.73 bits per heavy atom. The summed E-state index contributed by atoms with van der Waals surface area (Å²) in [7, 11) is 1.50. The first-order valence-electron chi connectivity index (χ1n) is 14.7. The normalized spacial score (nSPS) is 11.2. The van der Waals surface area contributed by atoms with E-state index in [-0.39, 0.29) is 31.2 Å². The average molecular weight is 699 g/mol. The van der Waals surface area contributed by atoms with Crippen molar-refractivity contribution in [2.24, 2.45) is 0 Å². The van der Waals surface area contributed by atoms with Gasteiger partial charge in [-0.3, -0.25) is 4.79 Å². The summed E-state index contributed by atoms with van der Waals surface area (Å²) in [6.07, 6.45) is 0.474. The van der Waals surface area contributed by atoms with Crippen molar-refractivity contribution in [3.63, 3.8) is 0 Å². The number of nitrogens with zero attached hydrogens (tertiary/aromatic N) is 2. The van der Waals surface area contributed by atoms with Crippen LogP contribution in [0.25, 0.3) is 10.9 Å². The summed E-state index contributed by atoms with van der Waals surface area (Å²) in [5, 5.41) is 28.9. The lowest BCUT2D eigenvalue weighted by Crippen LogP contribution is -2.43. The number of ether oxygens (including phenoxy) is 3. The van der Waals surface area contributed by atoms with E-state index in [1.54, 1.807) is 24.3 Å². The van der Waals surface area contributed by atoms with Crippen LogP contribution in [0.1, 0.15) is 24.8 Å². The summed E-state index contributed by atoms with van der Waals surface area (Å²) in [5.41, 5.74) is 2.07. The zero-order valence-corrected chi connectivity index (χ0v) is 26.8. The van der Waals surface area contributed by atoms with Gasteiger partial charge in [0.05, 0.1) is 24.3 Å². The lowest BCUT2D eigenvalue weighted by Gasteiger charge is -2.14. The molecule has 15 nitrogen and oxygen atoms in total. The lowest BCUT2D eigenvalue weighted by atomic mass is 10.1. The highest BCUT2D eigenvalue weighted by molar-refractivity contribution is 6.31. The number of carbonyl (C=O) groups is 4. The van der Waals surface area contributed by atoms with Gasteiger partial charge in [-0.05, 0) is 54.8 Å². The largest absolute Gasteiger partial charge is 0.493 e. The van der Waals surface area contributed by atoms with Crippen molar-refractivity contribution in [2.75, 3.05) is 30.9 Å². The molecule has 0 fully saturated rings. The molecule has 1 heterocycles. The number of nitrogens with one attached hydrogen (secondary N) is 4.